The van der Waals surface area contributed by atoms with E-state index >= 15 is 0 Å². The number of hydrogen-bond donors (Lipinski definition) is 0. The molecule has 0 amide bonds. The Balaban J connectivity index is 2.14. The van der Waals surface area contributed by atoms with Crippen LogP contribution < -0.4 is 0 Å². The van der Waals surface area contributed by atoms with Crippen LogP contribution in [0.15, 0.2) is 36.4 Å². The highest BCUT2D eigenvalue weighted by Crippen LogP contribution is 2.50. The van der Waals surface area contributed by atoms with E-state index in [0.29, 0.717) is 5.41 Å². The van der Waals surface area contributed by atoms with E-state index in [1.807, 2.05) is 0 Å². The molecule has 1 spiro atoms. The van der Waals surface area contributed by atoms with Gasteiger partial charge in [0.05, 0.1) is 0 Å². The lowest BCUT2D eigenvalue weighted by Crippen LogP contribution is -1.84. The van der Waals surface area contributed by atoms with Crippen molar-refractivity contribution in [3.8, 4) is 0 Å². The van der Waals surface area contributed by atoms with Gasteiger partial charge in [-0.2, -0.15) is 0 Å². The summed E-state index contributed by atoms with van der Waals surface area (Å²) in [5.41, 5.74) is 3.13. The molecule has 0 nitrogen and oxygen atoms in total. The number of rotatable bonds is 0. The van der Waals surface area contributed by atoms with Crippen LogP contribution >= 0.6 is 0 Å². The molecule has 2 aliphatic rings. The molecule has 0 aliphatic heterocycles. The van der Waals surface area contributed by atoms with Crippen molar-refractivity contribution < 1.29 is 0 Å². The van der Waals surface area contributed by atoms with Gasteiger partial charge in [-0.3, -0.25) is 0 Å². The van der Waals surface area contributed by atoms with Gasteiger partial charge in [0, 0.05) is 5.41 Å². The minimum absolute atomic E-state index is 0.430. The monoisotopic (exact) mass is 168 g/mol. The standard InChI is InChI=1S/C13H12/c1-2-4-12-6-8-13(9-10-13)7-5-11(12)3-1/h1-8H,9-10H2. The third-order valence-electron chi connectivity index (χ3n) is 3.01. The molecule has 0 bridgehead atoms. The fraction of sp³-hybridized carbons (Fsp3) is 0.231. The van der Waals surface area contributed by atoms with Crippen LogP contribution in [0.25, 0.3) is 12.2 Å². The predicted octanol–water partition coefficient (Wildman–Crippen LogP) is 3.51. The molecule has 64 valence electrons. The molecular weight excluding hydrogens is 156 g/mol. The second kappa shape index (κ2) is 2.35. The summed E-state index contributed by atoms with van der Waals surface area (Å²) in [6.07, 6.45) is 11.9. The largest absolute Gasteiger partial charge is 0.0739 e. The van der Waals surface area contributed by atoms with Gasteiger partial charge in [-0.25, -0.2) is 0 Å². The minimum Gasteiger partial charge on any atom is -0.0739 e. The second-order valence-electron chi connectivity index (χ2n) is 4.03. The van der Waals surface area contributed by atoms with Gasteiger partial charge in [-0.1, -0.05) is 48.6 Å². The predicted molar refractivity (Wildman–Crippen MR) is 56.2 cm³/mol. The van der Waals surface area contributed by atoms with Gasteiger partial charge < -0.3 is 0 Å². The minimum atomic E-state index is 0.430. The summed E-state index contributed by atoms with van der Waals surface area (Å²) in [7, 11) is 0. The highest BCUT2D eigenvalue weighted by atomic mass is 14.4. The molecule has 0 unspecified atom stereocenters. The molecule has 0 N–H and O–H groups in total. The first-order valence-corrected chi connectivity index (χ1v) is 4.86. The third-order valence-corrected chi connectivity index (χ3v) is 3.01. The van der Waals surface area contributed by atoms with Crippen LogP contribution in [0, 0.1) is 5.41 Å². The molecule has 2 aliphatic carbocycles. The molecule has 0 heterocycles. The van der Waals surface area contributed by atoms with Crippen molar-refractivity contribution >= 4 is 12.2 Å². The first-order valence-electron chi connectivity index (χ1n) is 4.86. The first-order chi connectivity index (χ1) is 6.38. The summed E-state index contributed by atoms with van der Waals surface area (Å²) < 4.78 is 0. The van der Waals surface area contributed by atoms with Crippen LogP contribution in [0.5, 0.6) is 0 Å². The zero-order valence-electron chi connectivity index (χ0n) is 7.53. The van der Waals surface area contributed by atoms with E-state index in [0.717, 1.165) is 0 Å². The Kier molecular flexibility index (Phi) is 1.29. The lowest BCUT2D eigenvalue weighted by atomic mass is 10.1. The third kappa shape index (κ3) is 1.14. The zero-order chi connectivity index (χ0) is 8.73. The Labute approximate surface area is 78.6 Å². The molecule has 0 atom stereocenters. The van der Waals surface area contributed by atoms with Gasteiger partial charge >= 0.3 is 0 Å². The first kappa shape index (κ1) is 7.14. The van der Waals surface area contributed by atoms with Crippen molar-refractivity contribution in [2.45, 2.75) is 12.8 Å². The van der Waals surface area contributed by atoms with Crippen LogP contribution in [-0.4, -0.2) is 0 Å². The molecule has 1 aromatic carbocycles. The van der Waals surface area contributed by atoms with E-state index in [4.69, 9.17) is 0 Å². The molecule has 0 radical (unpaired) electrons. The SMILES string of the molecule is C1=CC2(C=Cc3ccccc31)CC2. The van der Waals surface area contributed by atoms with Crippen molar-refractivity contribution in [3.63, 3.8) is 0 Å². The maximum absolute atomic E-state index is 2.36. The molecule has 3 rings (SSSR count). The van der Waals surface area contributed by atoms with Gasteiger partial charge in [0.15, 0.2) is 0 Å². The fourth-order valence-electron chi connectivity index (χ4n) is 1.86. The van der Waals surface area contributed by atoms with E-state index in [9.17, 15) is 0 Å². The van der Waals surface area contributed by atoms with E-state index in [2.05, 4.69) is 48.6 Å². The lowest BCUT2D eigenvalue weighted by Gasteiger charge is -1.96. The van der Waals surface area contributed by atoms with Crippen molar-refractivity contribution in [3.05, 3.63) is 47.5 Å². The Hall–Kier alpha value is -1.30. The van der Waals surface area contributed by atoms with Gasteiger partial charge in [-0.15, -0.1) is 0 Å². The van der Waals surface area contributed by atoms with Crippen LogP contribution in [0.2, 0.25) is 0 Å². The average molecular weight is 168 g/mol. The maximum atomic E-state index is 2.36. The molecule has 0 heteroatoms. The summed E-state index contributed by atoms with van der Waals surface area (Å²) in [5.74, 6) is 0. The Morgan fingerprint density at radius 3 is 1.85 bits per heavy atom. The average Bonchev–Trinajstić information content (AvgIpc) is 2.96. The zero-order valence-corrected chi connectivity index (χ0v) is 7.53. The molecule has 0 saturated heterocycles. The molecule has 13 heavy (non-hydrogen) atoms. The topological polar surface area (TPSA) is 0 Å². The highest BCUT2D eigenvalue weighted by molar-refractivity contribution is 5.69. The van der Waals surface area contributed by atoms with Crippen molar-refractivity contribution in [2.75, 3.05) is 0 Å². The van der Waals surface area contributed by atoms with Crippen LogP contribution in [-0.2, 0) is 0 Å². The van der Waals surface area contributed by atoms with Crippen LogP contribution in [0.3, 0.4) is 0 Å². The maximum Gasteiger partial charge on any atom is 0.00684 e. The fourth-order valence-corrected chi connectivity index (χ4v) is 1.86. The van der Waals surface area contributed by atoms with Crippen LogP contribution in [0.4, 0.5) is 0 Å². The smallest absolute Gasteiger partial charge is 0.00684 e. The number of allylic oxidation sites excluding steroid dienone is 2. The summed E-state index contributed by atoms with van der Waals surface area (Å²) >= 11 is 0. The lowest BCUT2D eigenvalue weighted by molar-refractivity contribution is 0.870. The molecule has 1 fully saturated rings. The Bertz CT molecular complexity index is 357. The summed E-state index contributed by atoms with van der Waals surface area (Å²) in [6, 6.07) is 8.55. The van der Waals surface area contributed by atoms with E-state index in [-0.39, 0.29) is 0 Å². The normalized spacial score (nSPS) is 21.2. The summed E-state index contributed by atoms with van der Waals surface area (Å²) in [5, 5.41) is 0. The van der Waals surface area contributed by atoms with Gasteiger partial charge in [0.25, 0.3) is 0 Å². The van der Waals surface area contributed by atoms with Gasteiger partial charge in [-0.05, 0) is 24.0 Å². The summed E-state index contributed by atoms with van der Waals surface area (Å²) in [6.45, 7) is 0. The molecule has 1 aromatic rings. The van der Waals surface area contributed by atoms with Crippen molar-refractivity contribution in [1.82, 2.24) is 0 Å². The number of hydrogen-bond acceptors (Lipinski definition) is 0. The Morgan fingerprint density at radius 1 is 0.846 bits per heavy atom. The Morgan fingerprint density at radius 2 is 1.38 bits per heavy atom. The molecule has 1 saturated carbocycles. The molecule has 0 aromatic heterocycles. The van der Waals surface area contributed by atoms with E-state index < -0.39 is 0 Å². The van der Waals surface area contributed by atoms with Crippen molar-refractivity contribution in [1.29, 1.82) is 0 Å². The van der Waals surface area contributed by atoms with E-state index in [1.165, 1.54) is 24.0 Å². The quantitative estimate of drug-likeness (QED) is 0.556. The van der Waals surface area contributed by atoms with Gasteiger partial charge in [0.1, 0.15) is 0 Å². The highest BCUT2D eigenvalue weighted by Gasteiger charge is 2.37. The van der Waals surface area contributed by atoms with E-state index in [1.54, 1.807) is 0 Å². The summed E-state index contributed by atoms with van der Waals surface area (Å²) in [4.78, 5) is 0. The van der Waals surface area contributed by atoms with Crippen LogP contribution in [0.1, 0.15) is 24.0 Å². The van der Waals surface area contributed by atoms with Gasteiger partial charge in [0.2, 0.25) is 0 Å². The van der Waals surface area contributed by atoms with Crippen molar-refractivity contribution in [2.24, 2.45) is 5.41 Å². The number of fused-ring (bicyclic) bond motifs is 1. The second-order valence-corrected chi connectivity index (χ2v) is 4.03. The number of benzene rings is 1. The molecular formula is C13H12.